The number of hydrazine groups is 1. The lowest BCUT2D eigenvalue weighted by Gasteiger charge is -2.16. The van der Waals surface area contributed by atoms with Crippen molar-refractivity contribution < 1.29 is 4.39 Å². The van der Waals surface area contributed by atoms with Crippen LogP contribution < -0.4 is 11.3 Å². The molecule has 0 radical (unpaired) electrons. The second-order valence-corrected chi connectivity index (χ2v) is 4.17. The van der Waals surface area contributed by atoms with E-state index in [1.807, 2.05) is 0 Å². The quantitative estimate of drug-likeness (QED) is 0.656. The molecule has 0 aliphatic carbocycles. The van der Waals surface area contributed by atoms with Crippen LogP contribution in [-0.4, -0.2) is 9.97 Å². The molecule has 18 heavy (non-hydrogen) atoms. The van der Waals surface area contributed by atoms with Gasteiger partial charge in [0.2, 0.25) is 0 Å². The number of aromatic nitrogens is 2. The predicted octanol–water partition coefficient (Wildman–Crippen LogP) is 2.02. The minimum atomic E-state index is -0.439. The van der Waals surface area contributed by atoms with E-state index in [1.165, 1.54) is 18.3 Å². The Kier molecular flexibility index (Phi) is 4.19. The Morgan fingerprint density at radius 3 is 2.89 bits per heavy atom. The van der Waals surface area contributed by atoms with Gasteiger partial charge in [-0.05, 0) is 30.2 Å². The third-order valence-electron chi connectivity index (χ3n) is 2.60. The van der Waals surface area contributed by atoms with Crippen molar-refractivity contribution in [3.8, 4) is 0 Å². The van der Waals surface area contributed by atoms with Gasteiger partial charge in [-0.1, -0.05) is 11.6 Å². The molecule has 2 rings (SSSR count). The van der Waals surface area contributed by atoms with Gasteiger partial charge in [-0.15, -0.1) is 0 Å². The zero-order valence-corrected chi connectivity index (χ0v) is 10.2. The molecule has 4 nitrogen and oxygen atoms in total. The van der Waals surface area contributed by atoms with Crippen LogP contribution in [-0.2, 0) is 6.42 Å². The molecular formula is C12H12ClFN4. The Morgan fingerprint density at radius 2 is 2.22 bits per heavy atom. The highest BCUT2D eigenvalue weighted by atomic mass is 35.5. The zero-order chi connectivity index (χ0) is 13.0. The SMILES string of the molecule is NNC(Cc1ccncc1Cl)c1ncccc1F. The van der Waals surface area contributed by atoms with E-state index < -0.39 is 11.9 Å². The molecule has 2 aromatic rings. The summed E-state index contributed by atoms with van der Waals surface area (Å²) >= 11 is 6.01. The molecular weight excluding hydrogens is 255 g/mol. The first-order valence-corrected chi connectivity index (χ1v) is 5.75. The second-order valence-electron chi connectivity index (χ2n) is 3.76. The first-order chi connectivity index (χ1) is 8.72. The lowest BCUT2D eigenvalue weighted by atomic mass is 10.0. The van der Waals surface area contributed by atoms with Crippen molar-refractivity contribution in [2.24, 2.45) is 5.84 Å². The molecule has 1 atom stereocenters. The predicted molar refractivity (Wildman–Crippen MR) is 67.2 cm³/mol. The number of nitrogens with two attached hydrogens (primary N) is 1. The van der Waals surface area contributed by atoms with Crippen LogP contribution >= 0.6 is 11.6 Å². The summed E-state index contributed by atoms with van der Waals surface area (Å²) < 4.78 is 13.6. The molecule has 2 heterocycles. The van der Waals surface area contributed by atoms with E-state index in [-0.39, 0.29) is 5.69 Å². The Bertz CT molecular complexity index is 535. The van der Waals surface area contributed by atoms with Crippen molar-refractivity contribution in [3.63, 3.8) is 0 Å². The fraction of sp³-hybridized carbons (Fsp3) is 0.167. The zero-order valence-electron chi connectivity index (χ0n) is 9.48. The maximum atomic E-state index is 13.6. The van der Waals surface area contributed by atoms with Crippen molar-refractivity contribution in [2.75, 3.05) is 0 Å². The molecule has 3 N–H and O–H groups in total. The summed E-state index contributed by atoms with van der Waals surface area (Å²) in [7, 11) is 0. The molecule has 1 unspecified atom stereocenters. The van der Waals surface area contributed by atoms with Crippen LogP contribution in [0.5, 0.6) is 0 Å². The van der Waals surface area contributed by atoms with Gasteiger partial charge in [0.15, 0.2) is 0 Å². The van der Waals surface area contributed by atoms with Crippen LogP contribution in [0.4, 0.5) is 4.39 Å². The van der Waals surface area contributed by atoms with E-state index in [1.54, 1.807) is 18.5 Å². The molecule has 0 bridgehead atoms. The Balaban J connectivity index is 2.26. The van der Waals surface area contributed by atoms with E-state index in [9.17, 15) is 4.39 Å². The molecule has 0 spiro atoms. The van der Waals surface area contributed by atoms with Crippen LogP contribution in [0.3, 0.4) is 0 Å². The summed E-state index contributed by atoms with van der Waals surface area (Å²) in [6.07, 6.45) is 5.13. The van der Waals surface area contributed by atoms with Gasteiger partial charge in [0.25, 0.3) is 0 Å². The van der Waals surface area contributed by atoms with Crippen molar-refractivity contribution in [1.82, 2.24) is 15.4 Å². The Hall–Kier alpha value is -1.56. The van der Waals surface area contributed by atoms with Crippen molar-refractivity contribution in [3.05, 3.63) is 58.9 Å². The maximum Gasteiger partial charge on any atom is 0.146 e. The number of hydrogen-bond acceptors (Lipinski definition) is 4. The highest BCUT2D eigenvalue weighted by Crippen LogP contribution is 2.22. The molecule has 94 valence electrons. The third-order valence-corrected chi connectivity index (χ3v) is 2.94. The number of hydrogen-bond donors (Lipinski definition) is 2. The van der Waals surface area contributed by atoms with E-state index in [0.29, 0.717) is 11.4 Å². The second kappa shape index (κ2) is 5.86. The Labute approximate surface area is 109 Å². The third kappa shape index (κ3) is 2.81. The van der Waals surface area contributed by atoms with Crippen LogP contribution in [0.2, 0.25) is 5.02 Å². The number of nitrogens with zero attached hydrogens (tertiary/aromatic N) is 2. The van der Waals surface area contributed by atoms with Gasteiger partial charge in [0.05, 0.1) is 16.8 Å². The summed E-state index contributed by atoms with van der Waals surface area (Å²) in [5, 5.41) is 0.522. The standard InChI is InChI=1S/C12H12ClFN4/c13-9-7-16-5-3-8(9)6-11(18-15)12-10(14)2-1-4-17-12/h1-5,7,11,18H,6,15H2. The summed E-state index contributed by atoms with van der Waals surface area (Å²) in [5.41, 5.74) is 3.66. The normalized spacial score (nSPS) is 12.4. The lowest BCUT2D eigenvalue weighted by molar-refractivity contribution is 0.494. The van der Waals surface area contributed by atoms with Crippen molar-refractivity contribution in [2.45, 2.75) is 12.5 Å². The van der Waals surface area contributed by atoms with E-state index in [4.69, 9.17) is 17.4 Å². The number of rotatable bonds is 4. The number of pyridine rings is 2. The fourth-order valence-corrected chi connectivity index (χ4v) is 1.87. The van der Waals surface area contributed by atoms with Crippen LogP contribution in [0.1, 0.15) is 17.3 Å². The average molecular weight is 267 g/mol. The highest BCUT2D eigenvalue weighted by Gasteiger charge is 2.17. The van der Waals surface area contributed by atoms with Crippen LogP contribution in [0.15, 0.2) is 36.8 Å². The molecule has 0 saturated heterocycles. The summed E-state index contributed by atoms with van der Waals surface area (Å²) in [6.45, 7) is 0. The van der Waals surface area contributed by atoms with E-state index in [2.05, 4.69) is 15.4 Å². The smallest absolute Gasteiger partial charge is 0.146 e. The lowest BCUT2D eigenvalue weighted by Crippen LogP contribution is -2.31. The van der Waals surface area contributed by atoms with Gasteiger partial charge < -0.3 is 0 Å². The summed E-state index contributed by atoms with van der Waals surface area (Å²) in [5.74, 6) is 5.06. The molecule has 0 amide bonds. The highest BCUT2D eigenvalue weighted by molar-refractivity contribution is 6.31. The Morgan fingerprint density at radius 1 is 1.39 bits per heavy atom. The fourth-order valence-electron chi connectivity index (χ4n) is 1.68. The number of halogens is 2. The first kappa shape index (κ1) is 12.9. The van der Waals surface area contributed by atoms with Gasteiger partial charge in [0, 0.05) is 18.6 Å². The largest absolute Gasteiger partial charge is 0.271 e. The molecule has 0 aromatic carbocycles. The first-order valence-electron chi connectivity index (χ1n) is 5.37. The van der Waals surface area contributed by atoms with Gasteiger partial charge in [-0.3, -0.25) is 21.2 Å². The van der Waals surface area contributed by atoms with Gasteiger partial charge in [-0.2, -0.15) is 0 Å². The van der Waals surface area contributed by atoms with Gasteiger partial charge in [0.1, 0.15) is 5.82 Å². The van der Waals surface area contributed by atoms with Crippen LogP contribution in [0.25, 0.3) is 0 Å². The van der Waals surface area contributed by atoms with E-state index >= 15 is 0 Å². The average Bonchev–Trinajstić information content (AvgIpc) is 2.39. The molecule has 2 aromatic heterocycles. The van der Waals surface area contributed by atoms with Crippen molar-refractivity contribution >= 4 is 11.6 Å². The maximum absolute atomic E-state index is 13.6. The van der Waals surface area contributed by atoms with Gasteiger partial charge in [-0.25, -0.2) is 4.39 Å². The molecule has 0 aliphatic rings. The van der Waals surface area contributed by atoms with Gasteiger partial charge >= 0.3 is 0 Å². The molecule has 0 fully saturated rings. The summed E-state index contributed by atoms with van der Waals surface area (Å²) in [6, 6.07) is 4.21. The van der Waals surface area contributed by atoms with Crippen molar-refractivity contribution in [1.29, 1.82) is 0 Å². The molecule has 0 aliphatic heterocycles. The molecule has 0 saturated carbocycles. The molecule has 6 heteroatoms. The summed E-state index contributed by atoms with van der Waals surface area (Å²) in [4.78, 5) is 7.89. The van der Waals surface area contributed by atoms with Crippen LogP contribution in [0, 0.1) is 5.82 Å². The minimum Gasteiger partial charge on any atom is -0.271 e. The minimum absolute atomic E-state index is 0.271. The topological polar surface area (TPSA) is 63.8 Å². The number of nitrogens with one attached hydrogen (secondary N) is 1. The monoisotopic (exact) mass is 266 g/mol. The van der Waals surface area contributed by atoms with E-state index in [0.717, 1.165) is 5.56 Å².